The molecule has 0 bridgehead atoms. The molecule has 1 aliphatic heterocycles. The van der Waals surface area contributed by atoms with E-state index in [1.54, 1.807) is 44.2 Å². The first kappa shape index (κ1) is 29.5. The van der Waals surface area contributed by atoms with Crippen molar-refractivity contribution in [3.63, 3.8) is 0 Å². The second-order valence-corrected chi connectivity index (χ2v) is 13.0. The Balaban J connectivity index is 1.44. The topological polar surface area (TPSA) is 131 Å². The van der Waals surface area contributed by atoms with Gasteiger partial charge in [0.1, 0.15) is 18.1 Å². The highest BCUT2D eigenvalue weighted by Gasteiger charge is 2.46. The van der Waals surface area contributed by atoms with Gasteiger partial charge < -0.3 is 24.6 Å². The third-order valence-corrected chi connectivity index (χ3v) is 9.40. The lowest BCUT2D eigenvalue weighted by Crippen LogP contribution is -2.41. The lowest BCUT2D eigenvalue weighted by molar-refractivity contribution is -0.145. The van der Waals surface area contributed by atoms with Gasteiger partial charge >= 0.3 is 12.1 Å². The number of carbonyl (C=O) groups is 2. The van der Waals surface area contributed by atoms with Crippen LogP contribution in [0.2, 0.25) is 0 Å². The molecular formula is C29H38N2O8S. The molecule has 2 atom stereocenters. The maximum Gasteiger partial charge on any atom is 0.408 e. The molecule has 1 heterocycles. The number of benzene rings is 2. The number of alkyl carbamates (subject to hydrolysis) is 1. The van der Waals surface area contributed by atoms with Crippen molar-refractivity contribution < 1.29 is 37.3 Å². The first-order chi connectivity index (χ1) is 18.9. The molecule has 40 heavy (non-hydrogen) atoms. The number of esters is 1. The average Bonchev–Trinajstić information content (AvgIpc) is 3.52. The van der Waals surface area contributed by atoms with Crippen LogP contribution in [0.5, 0.6) is 11.5 Å². The SMILES string of the molecule is COc1ccc(S(=O)(=O)N(c2ccc(CCC(C)NC(=O)O[C@@H]3C(=O)OCC3(C)C)cc2O)C2CCCC2)cc1. The molecule has 2 fully saturated rings. The minimum atomic E-state index is -3.94. The number of anilines is 1. The summed E-state index contributed by atoms with van der Waals surface area (Å²) >= 11 is 0. The van der Waals surface area contributed by atoms with Gasteiger partial charge in [-0.25, -0.2) is 18.0 Å². The number of aromatic hydroxyl groups is 1. The highest BCUT2D eigenvalue weighted by molar-refractivity contribution is 7.92. The van der Waals surface area contributed by atoms with Crippen molar-refractivity contribution in [1.29, 1.82) is 0 Å². The van der Waals surface area contributed by atoms with E-state index in [0.717, 1.165) is 18.4 Å². The molecule has 2 aliphatic rings. The summed E-state index contributed by atoms with van der Waals surface area (Å²) < 4.78 is 44.3. The standard InChI is InChI=1S/C29H38N2O8S/c1-19(30-28(34)39-26-27(33)38-18-29(26,2)3)9-10-20-11-16-24(25(32)17-20)31(21-7-5-6-8-21)40(35,36)23-14-12-22(37-4)13-15-23/h11-17,19,21,26,32H,5-10,18H2,1-4H3,(H,30,34)/t19?,26-/m1/s1. The zero-order chi connectivity index (χ0) is 29.1. The van der Waals surface area contributed by atoms with E-state index in [1.807, 2.05) is 6.92 Å². The molecule has 1 saturated carbocycles. The number of carbonyl (C=O) groups excluding carboxylic acids is 2. The monoisotopic (exact) mass is 574 g/mol. The van der Waals surface area contributed by atoms with Gasteiger partial charge in [0.25, 0.3) is 10.0 Å². The van der Waals surface area contributed by atoms with Gasteiger partial charge in [-0.15, -0.1) is 0 Å². The highest BCUT2D eigenvalue weighted by Crippen LogP contribution is 2.39. The van der Waals surface area contributed by atoms with E-state index in [-0.39, 0.29) is 35.0 Å². The Morgan fingerprint density at radius 3 is 2.42 bits per heavy atom. The zero-order valence-electron chi connectivity index (χ0n) is 23.4. The molecule has 2 aromatic carbocycles. The number of nitrogens with one attached hydrogen (secondary N) is 1. The molecule has 0 radical (unpaired) electrons. The van der Waals surface area contributed by atoms with Gasteiger partial charge in [-0.2, -0.15) is 0 Å². The normalized spacial score (nSPS) is 19.6. The predicted octanol–water partition coefficient (Wildman–Crippen LogP) is 4.54. The van der Waals surface area contributed by atoms with Crippen LogP contribution in [-0.2, 0) is 30.7 Å². The average molecular weight is 575 g/mol. The molecule has 218 valence electrons. The number of amides is 1. The number of ether oxygens (including phenoxy) is 3. The molecule has 1 aliphatic carbocycles. The van der Waals surface area contributed by atoms with E-state index in [4.69, 9.17) is 14.2 Å². The lowest BCUT2D eigenvalue weighted by atomic mass is 9.90. The van der Waals surface area contributed by atoms with Crippen molar-refractivity contribution in [2.75, 3.05) is 18.0 Å². The summed E-state index contributed by atoms with van der Waals surface area (Å²) in [6.45, 7) is 5.60. The van der Waals surface area contributed by atoms with Crippen molar-refractivity contribution in [3.8, 4) is 11.5 Å². The Labute approximate surface area is 235 Å². The summed E-state index contributed by atoms with van der Waals surface area (Å²) in [6.07, 6.45) is 2.66. The molecule has 1 unspecified atom stereocenters. The summed E-state index contributed by atoms with van der Waals surface area (Å²) in [7, 11) is -2.42. The number of phenols is 1. The predicted molar refractivity (Wildman–Crippen MR) is 149 cm³/mol. The molecule has 2 aromatic rings. The first-order valence-corrected chi connectivity index (χ1v) is 15.0. The third-order valence-electron chi connectivity index (χ3n) is 7.52. The van der Waals surface area contributed by atoms with Gasteiger partial charge in [0.2, 0.25) is 6.10 Å². The molecule has 2 N–H and O–H groups in total. The van der Waals surface area contributed by atoms with Crippen LogP contribution in [-0.4, -0.2) is 57.5 Å². The number of aryl methyl sites for hydroxylation is 1. The fraction of sp³-hybridized carbons (Fsp3) is 0.517. The van der Waals surface area contributed by atoms with Gasteiger partial charge in [0.05, 0.1) is 17.7 Å². The van der Waals surface area contributed by atoms with Gasteiger partial charge in [-0.05, 0) is 74.6 Å². The van der Waals surface area contributed by atoms with Crippen LogP contribution in [0.4, 0.5) is 10.5 Å². The Morgan fingerprint density at radius 1 is 1.18 bits per heavy atom. The molecule has 0 spiro atoms. The van der Waals surface area contributed by atoms with E-state index in [1.165, 1.54) is 23.5 Å². The van der Waals surface area contributed by atoms with E-state index in [9.17, 15) is 23.1 Å². The van der Waals surface area contributed by atoms with E-state index < -0.39 is 33.6 Å². The number of sulfonamides is 1. The van der Waals surface area contributed by atoms with E-state index in [0.29, 0.717) is 31.4 Å². The molecule has 11 heteroatoms. The first-order valence-electron chi connectivity index (χ1n) is 13.6. The Hall–Kier alpha value is -3.47. The fourth-order valence-electron chi connectivity index (χ4n) is 5.17. The van der Waals surface area contributed by atoms with Crippen LogP contribution in [0.15, 0.2) is 47.4 Å². The van der Waals surface area contributed by atoms with Crippen LogP contribution >= 0.6 is 0 Å². The number of phenolic OH excluding ortho intramolecular Hbond substituents is 1. The Kier molecular flexibility index (Phi) is 8.82. The van der Waals surface area contributed by atoms with E-state index >= 15 is 0 Å². The largest absolute Gasteiger partial charge is 0.506 e. The Morgan fingerprint density at radius 2 is 1.85 bits per heavy atom. The van der Waals surface area contributed by atoms with Gasteiger partial charge in [-0.3, -0.25) is 4.31 Å². The molecule has 0 aromatic heterocycles. The number of rotatable bonds is 10. The summed E-state index contributed by atoms with van der Waals surface area (Å²) in [4.78, 5) is 24.4. The quantitative estimate of drug-likeness (QED) is 0.396. The number of methoxy groups -OCH3 is 1. The van der Waals surface area contributed by atoms with Crippen molar-refractivity contribution in [3.05, 3.63) is 48.0 Å². The molecular weight excluding hydrogens is 536 g/mol. The van der Waals surface area contributed by atoms with Crippen LogP contribution < -0.4 is 14.4 Å². The van der Waals surface area contributed by atoms with Gasteiger partial charge in [-0.1, -0.05) is 32.8 Å². The van der Waals surface area contributed by atoms with Crippen LogP contribution in [0, 0.1) is 5.41 Å². The molecule has 1 amide bonds. The number of hydrogen-bond acceptors (Lipinski definition) is 8. The molecule has 10 nitrogen and oxygen atoms in total. The number of nitrogens with zero attached hydrogens (tertiary/aromatic N) is 1. The summed E-state index contributed by atoms with van der Waals surface area (Å²) in [5, 5.41) is 13.7. The van der Waals surface area contributed by atoms with Gasteiger partial charge in [0.15, 0.2) is 0 Å². The number of cyclic esters (lactones) is 1. The second kappa shape index (κ2) is 12.0. The van der Waals surface area contributed by atoms with Crippen molar-refractivity contribution in [1.82, 2.24) is 5.32 Å². The lowest BCUT2D eigenvalue weighted by Gasteiger charge is -2.31. The van der Waals surface area contributed by atoms with Crippen molar-refractivity contribution >= 4 is 27.8 Å². The summed E-state index contributed by atoms with van der Waals surface area (Å²) in [5.41, 5.74) is 0.439. The van der Waals surface area contributed by atoms with Crippen molar-refractivity contribution in [2.24, 2.45) is 5.41 Å². The number of hydrogen-bond donors (Lipinski definition) is 2. The summed E-state index contributed by atoms with van der Waals surface area (Å²) in [6, 6.07) is 10.7. The second-order valence-electron chi connectivity index (χ2n) is 11.2. The fourth-order valence-corrected chi connectivity index (χ4v) is 6.89. The maximum absolute atomic E-state index is 13.8. The summed E-state index contributed by atoms with van der Waals surface area (Å²) in [5.74, 6) is -0.118. The van der Waals surface area contributed by atoms with E-state index in [2.05, 4.69) is 5.32 Å². The van der Waals surface area contributed by atoms with Crippen LogP contribution in [0.3, 0.4) is 0 Å². The van der Waals surface area contributed by atoms with Crippen LogP contribution in [0.1, 0.15) is 58.4 Å². The highest BCUT2D eigenvalue weighted by atomic mass is 32.2. The third kappa shape index (κ3) is 6.46. The molecule has 4 rings (SSSR count). The maximum atomic E-state index is 13.8. The van der Waals surface area contributed by atoms with Crippen LogP contribution in [0.25, 0.3) is 0 Å². The Bertz CT molecular complexity index is 1320. The minimum Gasteiger partial charge on any atom is -0.506 e. The van der Waals surface area contributed by atoms with Gasteiger partial charge in [0, 0.05) is 17.5 Å². The van der Waals surface area contributed by atoms with Crippen molar-refractivity contribution in [2.45, 2.75) is 82.4 Å². The zero-order valence-corrected chi connectivity index (χ0v) is 24.2. The molecule has 1 saturated heterocycles. The smallest absolute Gasteiger partial charge is 0.408 e. The minimum absolute atomic E-state index is 0.122.